The lowest BCUT2D eigenvalue weighted by molar-refractivity contribution is -0.134. The number of likely N-dealkylation sites (tertiary alicyclic amines) is 1. The third-order valence-corrected chi connectivity index (χ3v) is 5.28. The summed E-state index contributed by atoms with van der Waals surface area (Å²) in [7, 11) is 0. The number of phenolic OH excluding ortho intramolecular Hbond substituents is 1. The fourth-order valence-electron chi connectivity index (χ4n) is 3.63. The lowest BCUT2D eigenvalue weighted by Crippen LogP contribution is -2.41. The van der Waals surface area contributed by atoms with Crippen LogP contribution in [0.2, 0.25) is 0 Å². The number of halogens is 1. The van der Waals surface area contributed by atoms with Gasteiger partial charge < -0.3 is 20.6 Å². The third-order valence-electron chi connectivity index (χ3n) is 5.28. The SMILES string of the molecule is Cl.O=C(Nc1ccc(O)cc1)C1CCN(C(=O)CCC2CCNC2)CC1. The molecule has 0 spiro atoms. The van der Waals surface area contributed by atoms with Crippen LogP contribution in [-0.4, -0.2) is 48.0 Å². The second kappa shape index (κ2) is 9.78. The number of hydrogen-bond donors (Lipinski definition) is 3. The summed E-state index contributed by atoms with van der Waals surface area (Å²) < 4.78 is 0. The highest BCUT2D eigenvalue weighted by molar-refractivity contribution is 5.92. The minimum absolute atomic E-state index is 0. The van der Waals surface area contributed by atoms with Crippen molar-refractivity contribution in [2.75, 3.05) is 31.5 Å². The van der Waals surface area contributed by atoms with Crippen LogP contribution in [-0.2, 0) is 9.59 Å². The number of hydrogen-bond acceptors (Lipinski definition) is 4. The van der Waals surface area contributed by atoms with Crippen molar-refractivity contribution in [3.8, 4) is 5.75 Å². The summed E-state index contributed by atoms with van der Waals surface area (Å²) in [6.07, 6.45) is 4.18. The number of benzene rings is 1. The molecule has 1 aromatic carbocycles. The fourth-order valence-corrected chi connectivity index (χ4v) is 3.63. The van der Waals surface area contributed by atoms with E-state index in [1.54, 1.807) is 24.3 Å². The first kappa shape index (κ1) is 20.5. The average molecular weight is 382 g/mol. The van der Waals surface area contributed by atoms with Gasteiger partial charge in [0, 0.05) is 31.1 Å². The Bertz CT molecular complexity index is 595. The largest absolute Gasteiger partial charge is 0.508 e. The molecule has 144 valence electrons. The van der Waals surface area contributed by atoms with Gasteiger partial charge in [-0.15, -0.1) is 12.4 Å². The summed E-state index contributed by atoms with van der Waals surface area (Å²) in [6.45, 7) is 3.43. The number of rotatable bonds is 5. The quantitative estimate of drug-likeness (QED) is 0.684. The van der Waals surface area contributed by atoms with Crippen LogP contribution < -0.4 is 10.6 Å². The van der Waals surface area contributed by atoms with Gasteiger partial charge in [0.1, 0.15) is 5.75 Å². The molecule has 0 aromatic heterocycles. The Kier molecular flexibility index (Phi) is 7.72. The first-order valence-electron chi connectivity index (χ1n) is 9.20. The van der Waals surface area contributed by atoms with Crippen molar-refractivity contribution in [1.29, 1.82) is 0 Å². The van der Waals surface area contributed by atoms with E-state index in [1.165, 1.54) is 6.42 Å². The van der Waals surface area contributed by atoms with Gasteiger partial charge >= 0.3 is 0 Å². The molecular weight excluding hydrogens is 354 g/mol. The molecule has 7 heteroatoms. The van der Waals surface area contributed by atoms with Crippen molar-refractivity contribution in [3.05, 3.63) is 24.3 Å². The van der Waals surface area contributed by atoms with Crippen LogP contribution in [0.5, 0.6) is 5.75 Å². The smallest absolute Gasteiger partial charge is 0.227 e. The van der Waals surface area contributed by atoms with E-state index in [0.29, 0.717) is 44.0 Å². The third kappa shape index (κ3) is 5.61. The van der Waals surface area contributed by atoms with Crippen molar-refractivity contribution in [3.63, 3.8) is 0 Å². The first-order valence-corrected chi connectivity index (χ1v) is 9.20. The van der Waals surface area contributed by atoms with Crippen LogP contribution in [0, 0.1) is 11.8 Å². The van der Waals surface area contributed by atoms with Gasteiger partial charge in [-0.05, 0) is 69.0 Å². The van der Waals surface area contributed by atoms with Crippen LogP contribution >= 0.6 is 12.4 Å². The highest BCUT2D eigenvalue weighted by Gasteiger charge is 2.27. The molecule has 3 N–H and O–H groups in total. The number of phenols is 1. The average Bonchev–Trinajstić information content (AvgIpc) is 3.15. The Morgan fingerprint density at radius 3 is 2.46 bits per heavy atom. The van der Waals surface area contributed by atoms with Gasteiger partial charge in [0.15, 0.2) is 0 Å². The highest BCUT2D eigenvalue weighted by atomic mass is 35.5. The zero-order valence-electron chi connectivity index (χ0n) is 14.9. The predicted molar refractivity (Wildman–Crippen MR) is 103 cm³/mol. The summed E-state index contributed by atoms with van der Waals surface area (Å²) in [4.78, 5) is 26.6. The van der Waals surface area contributed by atoms with Crippen molar-refractivity contribution in [2.45, 2.75) is 32.1 Å². The highest BCUT2D eigenvalue weighted by Crippen LogP contribution is 2.22. The van der Waals surface area contributed by atoms with Crippen molar-refractivity contribution in [2.24, 2.45) is 11.8 Å². The number of aromatic hydroxyl groups is 1. The van der Waals surface area contributed by atoms with E-state index in [9.17, 15) is 14.7 Å². The monoisotopic (exact) mass is 381 g/mol. The Hall–Kier alpha value is -1.79. The Balaban J connectivity index is 0.00000243. The number of nitrogens with one attached hydrogen (secondary N) is 2. The summed E-state index contributed by atoms with van der Waals surface area (Å²) >= 11 is 0. The predicted octanol–water partition coefficient (Wildman–Crippen LogP) is 2.38. The molecule has 2 fully saturated rings. The molecule has 2 saturated heterocycles. The number of nitrogens with zero attached hydrogens (tertiary/aromatic N) is 1. The van der Waals surface area contributed by atoms with Crippen molar-refractivity contribution < 1.29 is 14.7 Å². The maximum atomic E-state index is 12.3. The molecule has 0 radical (unpaired) electrons. The second-order valence-electron chi connectivity index (χ2n) is 7.09. The van der Waals surface area contributed by atoms with E-state index in [4.69, 9.17) is 0 Å². The fraction of sp³-hybridized carbons (Fsp3) is 0.579. The number of piperidine rings is 1. The molecule has 1 aromatic rings. The van der Waals surface area contributed by atoms with Crippen LogP contribution in [0.1, 0.15) is 32.1 Å². The molecule has 2 amide bonds. The standard InChI is InChI=1S/C19H27N3O3.ClH/c23-17-4-2-16(3-5-17)21-19(25)15-8-11-22(12-9-15)18(24)6-1-14-7-10-20-13-14;/h2-5,14-15,20,23H,1,6-13H2,(H,21,25);1H. The van der Waals surface area contributed by atoms with Crippen LogP contribution in [0.15, 0.2) is 24.3 Å². The van der Waals surface area contributed by atoms with Gasteiger partial charge in [0.05, 0.1) is 0 Å². The van der Waals surface area contributed by atoms with Crippen LogP contribution in [0.4, 0.5) is 5.69 Å². The first-order chi connectivity index (χ1) is 12.1. The number of anilines is 1. The molecule has 3 rings (SSSR count). The Morgan fingerprint density at radius 1 is 1.15 bits per heavy atom. The van der Waals surface area contributed by atoms with Gasteiger partial charge in [-0.3, -0.25) is 9.59 Å². The van der Waals surface area contributed by atoms with Crippen molar-refractivity contribution in [1.82, 2.24) is 10.2 Å². The van der Waals surface area contributed by atoms with E-state index in [2.05, 4.69) is 10.6 Å². The molecule has 2 aliphatic heterocycles. The number of amides is 2. The maximum Gasteiger partial charge on any atom is 0.227 e. The molecule has 2 heterocycles. The lowest BCUT2D eigenvalue weighted by atomic mass is 9.95. The molecule has 1 atom stereocenters. The normalized spacial score (nSPS) is 20.5. The van der Waals surface area contributed by atoms with Gasteiger partial charge in [0.2, 0.25) is 11.8 Å². The van der Waals surface area contributed by atoms with Gasteiger partial charge in [-0.2, -0.15) is 0 Å². The molecule has 0 aliphatic carbocycles. The van der Waals surface area contributed by atoms with E-state index < -0.39 is 0 Å². The molecule has 0 saturated carbocycles. The lowest BCUT2D eigenvalue weighted by Gasteiger charge is -2.31. The summed E-state index contributed by atoms with van der Waals surface area (Å²) in [5, 5.41) is 15.5. The second-order valence-corrected chi connectivity index (χ2v) is 7.09. The van der Waals surface area contributed by atoms with E-state index in [-0.39, 0.29) is 35.9 Å². The molecule has 1 unspecified atom stereocenters. The Morgan fingerprint density at radius 2 is 1.85 bits per heavy atom. The number of carbonyl (C=O) groups excluding carboxylic acids is 2. The summed E-state index contributed by atoms with van der Waals surface area (Å²) in [6, 6.07) is 6.47. The van der Waals surface area contributed by atoms with Gasteiger partial charge in [-0.25, -0.2) is 0 Å². The molecule has 6 nitrogen and oxygen atoms in total. The van der Waals surface area contributed by atoms with Crippen LogP contribution in [0.3, 0.4) is 0 Å². The molecule has 2 aliphatic rings. The van der Waals surface area contributed by atoms with E-state index in [1.807, 2.05) is 4.90 Å². The molecular formula is C19H28ClN3O3. The van der Waals surface area contributed by atoms with E-state index >= 15 is 0 Å². The maximum absolute atomic E-state index is 12.3. The minimum atomic E-state index is -0.0584. The van der Waals surface area contributed by atoms with Crippen LogP contribution in [0.25, 0.3) is 0 Å². The molecule has 0 bridgehead atoms. The minimum Gasteiger partial charge on any atom is -0.508 e. The zero-order chi connectivity index (χ0) is 17.6. The number of carbonyl (C=O) groups is 2. The molecule has 26 heavy (non-hydrogen) atoms. The summed E-state index contributed by atoms with van der Waals surface area (Å²) in [5.74, 6) is 0.978. The van der Waals surface area contributed by atoms with Gasteiger partial charge in [-0.1, -0.05) is 0 Å². The summed E-state index contributed by atoms with van der Waals surface area (Å²) in [5.41, 5.74) is 0.687. The van der Waals surface area contributed by atoms with Gasteiger partial charge in [0.25, 0.3) is 0 Å². The van der Waals surface area contributed by atoms with E-state index in [0.717, 1.165) is 19.5 Å². The topological polar surface area (TPSA) is 81.7 Å². The van der Waals surface area contributed by atoms with Crippen molar-refractivity contribution >= 4 is 29.9 Å². The zero-order valence-corrected chi connectivity index (χ0v) is 15.8. The Labute approximate surface area is 160 Å².